The minimum Gasteiger partial charge on any atom is -0.789 e. The average molecular weight is 479 g/mol. The van der Waals surface area contributed by atoms with E-state index in [0.29, 0.717) is 0 Å². The summed E-state index contributed by atoms with van der Waals surface area (Å²) in [6.45, 7) is 0.436. The number of rotatable bonds is 8. The molecule has 0 spiro atoms. The molecule has 2 rings (SSSR count). The van der Waals surface area contributed by atoms with E-state index in [1.54, 1.807) is 0 Å². The van der Waals surface area contributed by atoms with E-state index in [4.69, 9.17) is 9.63 Å². The first kappa shape index (κ1) is 24.3. The maximum Gasteiger partial charge on any atom is 0.482 e. The van der Waals surface area contributed by atoms with Crippen LogP contribution in [0.1, 0.15) is 18.2 Å². The van der Waals surface area contributed by atoms with Crippen LogP contribution in [0.25, 0.3) is 0 Å². The Bertz CT molecular complexity index is 1010. The summed E-state index contributed by atoms with van der Waals surface area (Å²) >= 11 is 0. The van der Waals surface area contributed by atoms with Gasteiger partial charge in [0, 0.05) is 18.2 Å². The zero-order valence-electron chi connectivity index (χ0n) is 14.3. The van der Waals surface area contributed by atoms with Crippen LogP contribution < -0.4 is 25.9 Å². The van der Waals surface area contributed by atoms with Gasteiger partial charge in [0.15, 0.2) is 0 Å². The first-order valence-electron chi connectivity index (χ1n) is 7.47. The number of hydrogen-bond acceptors (Lipinski definition) is 13. The molecule has 1 aromatic rings. The Kier molecular flexibility index (Phi) is 7.23. The zero-order valence-corrected chi connectivity index (χ0v) is 17.0. The van der Waals surface area contributed by atoms with E-state index in [0.717, 1.165) is 10.8 Å². The molecule has 29 heavy (non-hydrogen) atoms. The number of nitrogens with one attached hydrogen (secondary N) is 1. The van der Waals surface area contributed by atoms with E-state index in [-0.39, 0.29) is 12.0 Å². The molecular formula is C10H14N2O14P3-3. The number of aliphatic hydroxyl groups is 1. The van der Waals surface area contributed by atoms with Crippen molar-refractivity contribution in [2.24, 2.45) is 0 Å². The second-order valence-electron chi connectivity index (χ2n) is 5.73. The number of ether oxygens (including phenoxy) is 1. The molecule has 1 aromatic heterocycles. The van der Waals surface area contributed by atoms with Crippen LogP contribution in [0, 0.1) is 6.92 Å². The van der Waals surface area contributed by atoms with E-state index >= 15 is 0 Å². The lowest BCUT2D eigenvalue weighted by molar-refractivity contribution is -0.334. The minimum absolute atomic E-state index is 0.160. The summed E-state index contributed by atoms with van der Waals surface area (Å²) in [5, 5.41) is 9.94. The van der Waals surface area contributed by atoms with Crippen molar-refractivity contribution in [2.45, 2.75) is 31.8 Å². The van der Waals surface area contributed by atoms with Crippen molar-refractivity contribution >= 4 is 23.5 Å². The largest absolute Gasteiger partial charge is 0.789 e. The number of phosphoric acid groups is 3. The van der Waals surface area contributed by atoms with Crippen molar-refractivity contribution in [2.75, 3.05) is 6.61 Å². The molecule has 1 fully saturated rings. The smallest absolute Gasteiger partial charge is 0.482 e. The van der Waals surface area contributed by atoms with Crippen LogP contribution >= 0.6 is 23.5 Å². The van der Waals surface area contributed by atoms with Crippen molar-refractivity contribution in [1.29, 1.82) is 0 Å². The van der Waals surface area contributed by atoms with Crippen LogP contribution in [0.15, 0.2) is 15.8 Å². The topological polar surface area (TPSA) is 253 Å². The normalized spacial score (nSPS) is 26.8. The lowest BCUT2D eigenvalue weighted by Crippen LogP contribution is -2.33. The van der Waals surface area contributed by atoms with Gasteiger partial charge in [-0.3, -0.25) is 23.2 Å². The maximum atomic E-state index is 11.8. The third-order valence-corrected chi connectivity index (χ3v) is 7.18. The second-order valence-corrected chi connectivity index (χ2v) is 10.0. The molecule has 5 atom stereocenters. The highest BCUT2D eigenvalue weighted by molar-refractivity contribution is 7.65. The number of hydrogen-bond donors (Lipinski definition) is 3. The minimum atomic E-state index is -6.05. The summed E-state index contributed by atoms with van der Waals surface area (Å²) in [6.07, 6.45) is -2.88. The molecule has 0 aromatic carbocycles. The highest BCUT2D eigenvalue weighted by atomic mass is 31.3. The fraction of sp³-hybridized carbons (Fsp3) is 0.600. The third-order valence-electron chi connectivity index (χ3n) is 3.46. The van der Waals surface area contributed by atoms with Gasteiger partial charge in [0.2, 0.25) is 0 Å². The standard InChI is InChI=1S/C10H17N2O14P3/c1-5-3-12(10(15)11-9(5)14)8-2-6(13)7(24-8)4-23-28(19,20)26-29(21,22)25-27(16,17)18/h3,6-8,13H,2,4H2,1H3,(H,19,20)(H,21,22)(H,11,14,15)(H2,16,17,18)/p-3. The fourth-order valence-electron chi connectivity index (χ4n) is 2.29. The van der Waals surface area contributed by atoms with Crippen molar-refractivity contribution in [3.8, 4) is 0 Å². The highest BCUT2D eigenvalue weighted by Crippen LogP contribution is 2.63. The number of nitrogens with zero attached hydrogens (tertiary/aromatic N) is 1. The summed E-state index contributed by atoms with van der Waals surface area (Å²) in [7, 11) is -17.6. The highest BCUT2D eigenvalue weighted by Gasteiger charge is 2.37. The number of aliphatic hydroxyl groups excluding tert-OH is 1. The molecule has 3 N–H and O–H groups in total. The molecule has 0 radical (unpaired) electrons. The lowest BCUT2D eigenvalue weighted by atomic mass is 10.2. The molecule has 0 bridgehead atoms. The van der Waals surface area contributed by atoms with Gasteiger partial charge in [-0.25, -0.2) is 13.7 Å². The summed E-state index contributed by atoms with van der Waals surface area (Å²) in [6, 6.07) is 0. The Labute approximate surface area is 161 Å². The SMILES string of the molecule is Cc1cn(C2CC(O)C(COP(=O)([O-])OP(=O)(O)OP(=O)([O-])[O-])O2)c(=O)[nH]c1=O. The number of phosphoric ester groups is 1. The van der Waals surface area contributed by atoms with Gasteiger partial charge in [-0.15, -0.1) is 0 Å². The molecule has 0 amide bonds. The fourth-order valence-corrected chi connectivity index (χ4v) is 5.22. The summed E-state index contributed by atoms with van der Waals surface area (Å²) < 4.78 is 50.1. The Morgan fingerprint density at radius 3 is 2.48 bits per heavy atom. The number of aromatic amines is 1. The van der Waals surface area contributed by atoms with E-state index in [9.17, 15) is 43.1 Å². The van der Waals surface area contributed by atoms with Gasteiger partial charge in [0.1, 0.15) is 12.3 Å². The predicted molar refractivity (Wildman–Crippen MR) is 83.8 cm³/mol. The summed E-state index contributed by atoms with van der Waals surface area (Å²) in [4.78, 5) is 66.3. The van der Waals surface area contributed by atoms with Gasteiger partial charge < -0.3 is 38.5 Å². The van der Waals surface area contributed by atoms with Gasteiger partial charge in [-0.05, 0) is 6.92 Å². The molecule has 0 aliphatic carbocycles. The van der Waals surface area contributed by atoms with Gasteiger partial charge in [0.05, 0.1) is 20.5 Å². The molecule has 2 heterocycles. The van der Waals surface area contributed by atoms with Crippen LogP contribution in [-0.4, -0.2) is 38.4 Å². The molecule has 5 unspecified atom stereocenters. The van der Waals surface area contributed by atoms with Crippen molar-refractivity contribution in [3.63, 3.8) is 0 Å². The van der Waals surface area contributed by atoms with E-state index in [1.807, 2.05) is 4.98 Å². The Morgan fingerprint density at radius 1 is 1.28 bits per heavy atom. The van der Waals surface area contributed by atoms with Crippen molar-refractivity contribution in [3.05, 3.63) is 32.6 Å². The third kappa shape index (κ3) is 7.03. The Morgan fingerprint density at radius 2 is 1.90 bits per heavy atom. The first-order chi connectivity index (χ1) is 13.1. The molecule has 0 saturated carbocycles. The van der Waals surface area contributed by atoms with Crippen LogP contribution in [0.4, 0.5) is 0 Å². The Balaban J connectivity index is 2.03. The van der Waals surface area contributed by atoms with E-state index in [2.05, 4.69) is 13.1 Å². The molecular weight excluding hydrogens is 465 g/mol. The lowest BCUT2D eigenvalue weighted by Gasteiger charge is -2.32. The Hall–Kier alpha value is -0.990. The molecule has 1 aliphatic heterocycles. The molecule has 19 heteroatoms. The molecule has 1 aliphatic rings. The number of H-pyrrole nitrogens is 1. The van der Waals surface area contributed by atoms with E-state index in [1.165, 1.54) is 6.92 Å². The van der Waals surface area contributed by atoms with Crippen LogP contribution in [-0.2, 0) is 31.6 Å². The monoisotopic (exact) mass is 479 g/mol. The molecule has 1 saturated heterocycles. The summed E-state index contributed by atoms with van der Waals surface area (Å²) in [5.74, 6) is 0. The van der Waals surface area contributed by atoms with Gasteiger partial charge in [-0.1, -0.05) is 0 Å². The number of aromatic nitrogens is 2. The van der Waals surface area contributed by atoms with Gasteiger partial charge in [-0.2, -0.15) is 0 Å². The average Bonchev–Trinajstić information content (AvgIpc) is 2.86. The van der Waals surface area contributed by atoms with E-state index < -0.39 is 59.8 Å². The predicted octanol–water partition coefficient (Wildman–Crippen LogP) is -3.06. The maximum absolute atomic E-state index is 11.8. The zero-order chi connectivity index (χ0) is 22.2. The quantitative estimate of drug-likeness (QED) is 0.313. The van der Waals surface area contributed by atoms with Gasteiger partial charge in [0.25, 0.3) is 13.4 Å². The second kappa shape index (κ2) is 8.63. The van der Waals surface area contributed by atoms with Crippen LogP contribution in [0.5, 0.6) is 0 Å². The first-order valence-corrected chi connectivity index (χ1v) is 11.9. The van der Waals surface area contributed by atoms with Gasteiger partial charge >= 0.3 is 13.5 Å². The van der Waals surface area contributed by atoms with Crippen molar-refractivity contribution < 1.29 is 56.3 Å². The molecule has 16 nitrogen and oxygen atoms in total. The number of aryl methyl sites for hydroxylation is 1. The van der Waals surface area contributed by atoms with Crippen LogP contribution in [0.3, 0.4) is 0 Å². The van der Waals surface area contributed by atoms with Crippen LogP contribution in [0.2, 0.25) is 0 Å². The summed E-state index contributed by atoms with van der Waals surface area (Å²) in [5.41, 5.74) is -1.33. The van der Waals surface area contributed by atoms with Crippen molar-refractivity contribution in [1.82, 2.24) is 9.55 Å². The molecule has 166 valence electrons.